The van der Waals surface area contributed by atoms with E-state index in [1.54, 1.807) is 0 Å². The van der Waals surface area contributed by atoms with Crippen molar-refractivity contribution in [3.05, 3.63) is 67.3 Å². The quantitative estimate of drug-likeness (QED) is 0.589. The summed E-state index contributed by atoms with van der Waals surface area (Å²) < 4.78 is 4.14. The van der Waals surface area contributed by atoms with Gasteiger partial charge in [0.1, 0.15) is 0 Å². The highest BCUT2D eigenvalue weighted by Gasteiger charge is 1.93. The van der Waals surface area contributed by atoms with Crippen molar-refractivity contribution in [3.8, 4) is 0 Å². The van der Waals surface area contributed by atoms with E-state index < -0.39 is 5.97 Å². The molecule has 0 saturated carbocycles. The van der Waals surface area contributed by atoms with Gasteiger partial charge in [-0.25, -0.2) is 4.79 Å². The Morgan fingerprint density at radius 3 is 2.33 bits per heavy atom. The maximum absolute atomic E-state index is 9.84. The first-order chi connectivity index (χ1) is 8.72. The lowest BCUT2D eigenvalue weighted by Gasteiger charge is -1.99. The summed E-state index contributed by atoms with van der Waals surface area (Å²) >= 11 is 0. The molecule has 0 radical (unpaired) electrons. The third-order valence-electron chi connectivity index (χ3n) is 2.41. The predicted molar refractivity (Wildman–Crippen MR) is 76.3 cm³/mol. The molecule has 0 spiro atoms. The van der Waals surface area contributed by atoms with Crippen LogP contribution in [0.3, 0.4) is 0 Å². The molecule has 0 aliphatic rings. The Balaban J connectivity index is 0.000000232. The average molecular weight is 240 g/mol. The van der Waals surface area contributed by atoms with Crippen molar-refractivity contribution in [1.29, 1.82) is 0 Å². The number of fused-ring (bicyclic) bond motifs is 1. The second-order valence-corrected chi connectivity index (χ2v) is 3.50. The zero-order chi connectivity index (χ0) is 13.4. The number of carbonyl (C=O) groups is 1. The Kier molecular flexibility index (Phi) is 5.39. The number of hydrogen-bond donors (Lipinski definition) is 0. The molecule has 2 nitrogen and oxygen atoms in total. The highest BCUT2D eigenvalue weighted by molar-refractivity contribution is 5.90. The molecule has 0 unspecified atom stereocenters. The molecule has 0 bridgehead atoms. The number of hydrogen-bond acceptors (Lipinski definition) is 2. The van der Waals surface area contributed by atoms with Crippen molar-refractivity contribution in [2.45, 2.75) is 0 Å². The third kappa shape index (κ3) is 3.59. The van der Waals surface area contributed by atoms with E-state index in [2.05, 4.69) is 60.4 Å². The minimum atomic E-state index is -0.394. The lowest BCUT2D eigenvalue weighted by molar-refractivity contribution is -0.134. The normalized spacial score (nSPS) is 8.94. The molecule has 18 heavy (non-hydrogen) atoms. The van der Waals surface area contributed by atoms with Crippen molar-refractivity contribution < 1.29 is 9.53 Å². The van der Waals surface area contributed by atoms with Gasteiger partial charge in [-0.15, -0.1) is 0 Å². The fourth-order valence-corrected chi connectivity index (χ4v) is 1.51. The summed E-state index contributed by atoms with van der Waals surface area (Å²) in [4.78, 5) is 9.84. The minimum absolute atomic E-state index is 0.394. The molecule has 2 heteroatoms. The van der Waals surface area contributed by atoms with Gasteiger partial charge >= 0.3 is 5.97 Å². The van der Waals surface area contributed by atoms with Crippen molar-refractivity contribution in [3.63, 3.8) is 0 Å². The minimum Gasteiger partial charge on any atom is -0.466 e. The van der Waals surface area contributed by atoms with Gasteiger partial charge in [0.05, 0.1) is 7.11 Å². The number of carbonyl (C=O) groups excluding carboxylic acids is 1. The standard InChI is InChI=1S/C12H10.C4H6O2/c1-2-10-7-5-8-11-6-3-4-9-12(10)11;1-3-4(5)6-2/h2-9H,1H2;3H,1H2,2H3. The van der Waals surface area contributed by atoms with E-state index >= 15 is 0 Å². The summed E-state index contributed by atoms with van der Waals surface area (Å²) in [5, 5.41) is 2.55. The van der Waals surface area contributed by atoms with Crippen LogP contribution in [0.1, 0.15) is 5.56 Å². The molecule has 0 saturated heterocycles. The first kappa shape index (κ1) is 13.7. The molecule has 92 valence electrons. The Morgan fingerprint density at radius 2 is 1.78 bits per heavy atom. The molecule has 0 aromatic heterocycles. The van der Waals surface area contributed by atoms with Gasteiger partial charge in [0.2, 0.25) is 0 Å². The molecular formula is C16H16O2. The summed E-state index contributed by atoms with van der Waals surface area (Å²) in [7, 11) is 1.31. The number of benzene rings is 2. The van der Waals surface area contributed by atoms with Crippen LogP contribution in [0.5, 0.6) is 0 Å². The molecule has 0 atom stereocenters. The molecule has 0 aliphatic carbocycles. The lowest BCUT2D eigenvalue weighted by atomic mass is 10.1. The summed E-state index contributed by atoms with van der Waals surface area (Å²) in [5.41, 5.74) is 1.20. The van der Waals surface area contributed by atoms with Gasteiger partial charge in [0.15, 0.2) is 0 Å². The molecule has 2 rings (SSSR count). The average Bonchev–Trinajstić information content (AvgIpc) is 2.46. The number of rotatable bonds is 2. The van der Waals surface area contributed by atoms with Gasteiger partial charge in [-0.3, -0.25) is 0 Å². The second kappa shape index (κ2) is 7.07. The Labute approximate surface area is 107 Å². The molecule has 0 fully saturated rings. The summed E-state index contributed by atoms with van der Waals surface area (Å²) in [6, 6.07) is 14.6. The van der Waals surface area contributed by atoms with Gasteiger partial charge in [-0.05, 0) is 16.3 Å². The zero-order valence-electron chi connectivity index (χ0n) is 10.4. The van der Waals surface area contributed by atoms with Gasteiger partial charge in [-0.1, -0.05) is 61.7 Å². The van der Waals surface area contributed by atoms with Gasteiger partial charge < -0.3 is 4.74 Å². The van der Waals surface area contributed by atoms with Gasteiger partial charge in [0, 0.05) is 6.08 Å². The third-order valence-corrected chi connectivity index (χ3v) is 2.41. The van der Waals surface area contributed by atoms with Crippen molar-refractivity contribution in [1.82, 2.24) is 0 Å². The Morgan fingerprint density at radius 1 is 1.11 bits per heavy atom. The lowest BCUT2D eigenvalue weighted by Crippen LogP contribution is -1.91. The summed E-state index contributed by atoms with van der Waals surface area (Å²) in [6.45, 7) is 6.94. The number of ether oxygens (including phenoxy) is 1. The largest absolute Gasteiger partial charge is 0.466 e. The van der Waals surface area contributed by atoms with Crippen molar-refractivity contribution in [2.24, 2.45) is 0 Å². The fraction of sp³-hybridized carbons (Fsp3) is 0.0625. The maximum Gasteiger partial charge on any atom is 0.329 e. The van der Waals surface area contributed by atoms with Crippen LogP contribution in [0.25, 0.3) is 16.8 Å². The molecule has 2 aromatic rings. The molecule has 0 heterocycles. The van der Waals surface area contributed by atoms with Crippen LogP contribution in [-0.4, -0.2) is 13.1 Å². The van der Waals surface area contributed by atoms with Gasteiger partial charge in [0.25, 0.3) is 0 Å². The second-order valence-electron chi connectivity index (χ2n) is 3.50. The van der Waals surface area contributed by atoms with Crippen LogP contribution in [0.2, 0.25) is 0 Å². The first-order valence-corrected chi connectivity index (χ1v) is 5.53. The Hall–Kier alpha value is -2.35. The van der Waals surface area contributed by atoms with E-state index in [0.717, 1.165) is 6.08 Å². The monoisotopic (exact) mass is 240 g/mol. The highest BCUT2D eigenvalue weighted by Crippen LogP contribution is 2.18. The van der Waals surface area contributed by atoms with Crippen LogP contribution in [0.15, 0.2) is 61.7 Å². The van der Waals surface area contributed by atoms with Crippen LogP contribution in [0.4, 0.5) is 0 Å². The smallest absolute Gasteiger partial charge is 0.329 e. The van der Waals surface area contributed by atoms with Crippen LogP contribution in [-0.2, 0) is 9.53 Å². The summed E-state index contributed by atoms with van der Waals surface area (Å²) in [5.74, 6) is -0.394. The number of esters is 1. The van der Waals surface area contributed by atoms with Crippen molar-refractivity contribution in [2.75, 3.05) is 7.11 Å². The number of methoxy groups -OCH3 is 1. The highest BCUT2D eigenvalue weighted by atomic mass is 16.5. The maximum atomic E-state index is 9.84. The molecular weight excluding hydrogens is 224 g/mol. The molecule has 2 aromatic carbocycles. The van der Waals surface area contributed by atoms with E-state index in [4.69, 9.17) is 0 Å². The Bertz CT molecular complexity index is 551. The van der Waals surface area contributed by atoms with Gasteiger partial charge in [-0.2, -0.15) is 0 Å². The fourth-order valence-electron chi connectivity index (χ4n) is 1.51. The van der Waals surface area contributed by atoms with E-state index in [-0.39, 0.29) is 0 Å². The molecule has 0 N–H and O–H groups in total. The predicted octanol–water partition coefficient (Wildman–Crippen LogP) is 3.83. The topological polar surface area (TPSA) is 26.3 Å². The van der Waals surface area contributed by atoms with E-state index in [1.807, 2.05) is 6.08 Å². The van der Waals surface area contributed by atoms with E-state index in [0.29, 0.717) is 0 Å². The van der Waals surface area contributed by atoms with Crippen LogP contribution < -0.4 is 0 Å². The van der Waals surface area contributed by atoms with E-state index in [1.165, 1.54) is 23.4 Å². The molecule has 0 aliphatic heterocycles. The van der Waals surface area contributed by atoms with Crippen LogP contribution >= 0.6 is 0 Å². The first-order valence-electron chi connectivity index (χ1n) is 5.53. The summed E-state index contributed by atoms with van der Waals surface area (Å²) in [6.07, 6.45) is 3.00. The van der Waals surface area contributed by atoms with E-state index in [9.17, 15) is 4.79 Å². The molecule has 0 amide bonds. The SMILES string of the molecule is C=CC(=O)OC.C=Cc1cccc2ccccc12. The van der Waals surface area contributed by atoms with Crippen LogP contribution in [0, 0.1) is 0 Å². The zero-order valence-corrected chi connectivity index (χ0v) is 10.4. The van der Waals surface area contributed by atoms with Crippen molar-refractivity contribution >= 4 is 22.8 Å².